The van der Waals surface area contributed by atoms with Gasteiger partial charge in [-0.05, 0) is 31.2 Å². The quantitative estimate of drug-likeness (QED) is 0.367. The minimum Gasteiger partial charge on any atom is -0.496 e. The molecule has 0 aliphatic carbocycles. The Morgan fingerprint density at radius 3 is 3.05 bits per heavy atom. The van der Waals surface area contributed by atoms with Crippen LogP contribution in [0.15, 0.2) is 29.3 Å². The van der Waals surface area contributed by atoms with Crippen LogP contribution in [0.1, 0.15) is 6.42 Å². The summed E-state index contributed by atoms with van der Waals surface area (Å²) in [6, 6.07) is 7.71. The molecule has 0 atom stereocenters. The Morgan fingerprint density at radius 1 is 1.47 bits per heavy atom. The van der Waals surface area contributed by atoms with Crippen LogP contribution < -0.4 is 21.5 Å². The molecule has 0 fully saturated rings. The lowest BCUT2D eigenvalue weighted by atomic mass is 10.2. The number of fused-ring (bicyclic) bond motifs is 1. The van der Waals surface area contributed by atoms with E-state index in [9.17, 15) is 0 Å². The molecule has 1 aromatic heterocycles. The van der Waals surface area contributed by atoms with Crippen molar-refractivity contribution in [3.05, 3.63) is 24.3 Å². The SMILES string of the molecule is COc1cccc2[nH]c(N=C(N)NCCCN)cc12. The molecule has 2 aromatic rings. The molecule has 0 saturated carbocycles. The second-order valence-electron chi connectivity index (χ2n) is 4.14. The molecule has 0 unspecified atom stereocenters. The van der Waals surface area contributed by atoms with Crippen molar-refractivity contribution >= 4 is 22.7 Å². The number of guanidine groups is 1. The number of nitrogens with one attached hydrogen (secondary N) is 2. The third-order valence-electron chi connectivity index (χ3n) is 2.76. The van der Waals surface area contributed by atoms with Gasteiger partial charge in [0.25, 0.3) is 0 Å². The zero-order chi connectivity index (χ0) is 13.7. The van der Waals surface area contributed by atoms with E-state index in [4.69, 9.17) is 16.2 Å². The minimum absolute atomic E-state index is 0.374. The zero-order valence-corrected chi connectivity index (χ0v) is 10.9. The molecule has 0 spiro atoms. The number of methoxy groups -OCH3 is 1. The standard InChI is InChI=1S/C13H19N5O/c1-19-11-5-2-4-10-9(11)8-12(17-10)18-13(15)16-7-3-6-14/h2,4-5,8,17H,3,6-7,14H2,1H3,(H3,15,16,18). The highest BCUT2D eigenvalue weighted by Crippen LogP contribution is 2.28. The van der Waals surface area contributed by atoms with E-state index >= 15 is 0 Å². The van der Waals surface area contributed by atoms with Crippen molar-refractivity contribution < 1.29 is 4.74 Å². The van der Waals surface area contributed by atoms with Crippen molar-refractivity contribution in [2.24, 2.45) is 16.5 Å². The fourth-order valence-corrected chi connectivity index (χ4v) is 1.84. The van der Waals surface area contributed by atoms with Gasteiger partial charge in [-0.3, -0.25) is 0 Å². The number of aromatic amines is 1. The first-order chi connectivity index (χ1) is 9.24. The molecule has 0 radical (unpaired) electrons. The number of aliphatic imine (C=N–C) groups is 1. The summed E-state index contributed by atoms with van der Waals surface area (Å²) in [4.78, 5) is 7.45. The average Bonchev–Trinajstić information content (AvgIpc) is 2.80. The van der Waals surface area contributed by atoms with Crippen LogP contribution >= 0.6 is 0 Å². The van der Waals surface area contributed by atoms with E-state index in [1.54, 1.807) is 7.11 Å². The van der Waals surface area contributed by atoms with Gasteiger partial charge >= 0.3 is 0 Å². The normalized spacial score (nSPS) is 11.8. The second kappa shape index (κ2) is 6.10. The van der Waals surface area contributed by atoms with Gasteiger partial charge in [-0.2, -0.15) is 4.99 Å². The predicted molar refractivity (Wildman–Crippen MR) is 77.8 cm³/mol. The molecule has 6 nitrogen and oxygen atoms in total. The van der Waals surface area contributed by atoms with Gasteiger partial charge < -0.3 is 26.5 Å². The number of nitrogens with zero attached hydrogens (tertiary/aromatic N) is 1. The summed E-state index contributed by atoms with van der Waals surface area (Å²) in [6.07, 6.45) is 0.858. The van der Waals surface area contributed by atoms with Crippen LogP contribution in [-0.4, -0.2) is 31.1 Å². The molecule has 19 heavy (non-hydrogen) atoms. The van der Waals surface area contributed by atoms with Gasteiger partial charge in [0, 0.05) is 11.9 Å². The topological polar surface area (TPSA) is 101 Å². The lowest BCUT2D eigenvalue weighted by molar-refractivity contribution is 0.420. The molecule has 0 saturated heterocycles. The summed E-state index contributed by atoms with van der Waals surface area (Å²) in [7, 11) is 1.65. The Labute approximate surface area is 111 Å². The molecule has 0 aliphatic rings. The number of hydrogen-bond donors (Lipinski definition) is 4. The van der Waals surface area contributed by atoms with Crippen molar-refractivity contribution in [1.29, 1.82) is 0 Å². The smallest absolute Gasteiger partial charge is 0.195 e. The van der Waals surface area contributed by atoms with Gasteiger partial charge in [0.05, 0.1) is 12.6 Å². The fourth-order valence-electron chi connectivity index (χ4n) is 1.84. The van der Waals surface area contributed by atoms with Gasteiger partial charge in [-0.15, -0.1) is 0 Å². The van der Waals surface area contributed by atoms with Gasteiger partial charge in [0.15, 0.2) is 5.96 Å². The maximum atomic E-state index is 5.79. The van der Waals surface area contributed by atoms with E-state index in [0.29, 0.717) is 18.3 Å². The van der Waals surface area contributed by atoms with Crippen molar-refractivity contribution in [2.75, 3.05) is 20.2 Å². The molecule has 0 amide bonds. The van der Waals surface area contributed by atoms with Crippen LogP contribution in [-0.2, 0) is 0 Å². The third kappa shape index (κ3) is 3.17. The lowest BCUT2D eigenvalue weighted by Crippen LogP contribution is -2.32. The number of H-pyrrole nitrogens is 1. The Hall–Kier alpha value is -2.21. The largest absolute Gasteiger partial charge is 0.496 e. The number of benzene rings is 1. The Kier molecular flexibility index (Phi) is 4.25. The summed E-state index contributed by atoms with van der Waals surface area (Å²) in [5.74, 6) is 1.88. The lowest BCUT2D eigenvalue weighted by Gasteiger charge is -2.02. The Balaban J connectivity index is 2.19. The van der Waals surface area contributed by atoms with Crippen LogP contribution in [0.5, 0.6) is 5.75 Å². The van der Waals surface area contributed by atoms with Crippen LogP contribution in [0, 0.1) is 0 Å². The van der Waals surface area contributed by atoms with Crippen molar-refractivity contribution in [2.45, 2.75) is 6.42 Å². The summed E-state index contributed by atoms with van der Waals surface area (Å²) in [5.41, 5.74) is 12.2. The van der Waals surface area contributed by atoms with Crippen LogP contribution in [0.25, 0.3) is 10.9 Å². The highest BCUT2D eigenvalue weighted by atomic mass is 16.5. The predicted octanol–water partition coefficient (Wildman–Crippen LogP) is 1.06. The third-order valence-corrected chi connectivity index (χ3v) is 2.76. The summed E-state index contributed by atoms with van der Waals surface area (Å²) >= 11 is 0. The molecule has 1 heterocycles. The van der Waals surface area contributed by atoms with E-state index in [1.807, 2.05) is 24.3 Å². The number of hydrogen-bond acceptors (Lipinski definition) is 3. The molecule has 0 bridgehead atoms. The van der Waals surface area contributed by atoms with E-state index in [1.165, 1.54) is 0 Å². The molecular weight excluding hydrogens is 242 g/mol. The summed E-state index contributed by atoms with van der Waals surface area (Å²) < 4.78 is 5.30. The molecular formula is C13H19N5O. The molecule has 2 rings (SSSR count). The van der Waals surface area contributed by atoms with Crippen LogP contribution in [0.2, 0.25) is 0 Å². The number of aromatic nitrogens is 1. The molecule has 6 heteroatoms. The van der Waals surface area contributed by atoms with Crippen molar-refractivity contribution in [1.82, 2.24) is 10.3 Å². The second-order valence-corrected chi connectivity index (χ2v) is 4.14. The van der Waals surface area contributed by atoms with Crippen LogP contribution in [0.3, 0.4) is 0 Å². The molecule has 102 valence electrons. The number of ether oxygens (including phenoxy) is 1. The van der Waals surface area contributed by atoms with E-state index in [0.717, 1.165) is 29.6 Å². The maximum absolute atomic E-state index is 5.79. The van der Waals surface area contributed by atoms with Gasteiger partial charge in [0.2, 0.25) is 0 Å². The minimum atomic E-state index is 0.374. The number of nitrogens with two attached hydrogens (primary N) is 2. The van der Waals surface area contributed by atoms with E-state index in [2.05, 4.69) is 15.3 Å². The van der Waals surface area contributed by atoms with E-state index < -0.39 is 0 Å². The first-order valence-corrected chi connectivity index (χ1v) is 6.18. The van der Waals surface area contributed by atoms with Gasteiger partial charge in [-0.1, -0.05) is 6.07 Å². The van der Waals surface area contributed by atoms with Crippen LogP contribution in [0.4, 0.5) is 5.82 Å². The van der Waals surface area contributed by atoms with Crippen molar-refractivity contribution in [3.8, 4) is 5.75 Å². The molecule has 0 aliphatic heterocycles. The summed E-state index contributed by atoms with van der Waals surface area (Å²) in [6.45, 7) is 1.35. The van der Waals surface area contributed by atoms with Gasteiger partial charge in [-0.25, -0.2) is 0 Å². The first-order valence-electron chi connectivity index (χ1n) is 6.18. The number of rotatable bonds is 5. The monoisotopic (exact) mass is 261 g/mol. The van der Waals surface area contributed by atoms with Crippen molar-refractivity contribution in [3.63, 3.8) is 0 Å². The zero-order valence-electron chi connectivity index (χ0n) is 10.9. The van der Waals surface area contributed by atoms with E-state index in [-0.39, 0.29) is 0 Å². The maximum Gasteiger partial charge on any atom is 0.195 e. The fraction of sp³-hybridized carbons (Fsp3) is 0.308. The summed E-state index contributed by atoms with van der Waals surface area (Å²) in [5, 5.41) is 3.99. The molecule has 1 aromatic carbocycles. The average molecular weight is 261 g/mol. The Morgan fingerprint density at radius 2 is 2.32 bits per heavy atom. The first kappa shape index (κ1) is 13.2. The highest BCUT2D eigenvalue weighted by molar-refractivity contribution is 5.90. The Bertz CT molecular complexity index is 575. The molecule has 6 N–H and O–H groups in total. The highest BCUT2D eigenvalue weighted by Gasteiger charge is 2.05. The van der Waals surface area contributed by atoms with Gasteiger partial charge in [0.1, 0.15) is 11.6 Å².